The van der Waals surface area contributed by atoms with Gasteiger partial charge in [0, 0.05) is 11.1 Å². The summed E-state index contributed by atoms with van der Waals surface area (Å²) in [7, 11) is 0. The van der Waals surface area contributed by atoms with E-state index in [1.807, 2.05) is 13.0 Å². The summed E-state index contributed by atoms with van der Waals surface area (Å²) in [6.45, 7) is 4.15. The van der Waals surface area contributed by atoms with Crippen LogP contribution in [0.15, 0.2) is 48.5 Å². The Kier molecular flexibility index (Phi) is 8.52. The first-order valence-electron chi connectivity index (χ1n) is 12.6. The number of allylic oxidation sites excluding steroid dienone is 2. The second kappa shape index (κ2) is 11.8. The highest BCUT2D eigenvalue weighted by Gasteiger charge is 2.24. The molecule has 0 aliphatic heterocycles. The Balaban J connectivity index is 1.51. The average Bonchev–Trinajstić information content (AvgIpc) is 2.90. The van der Waals surface area contributed by atoms with Crippen LogP contribution in [0.4, 0.5) is 22.0 Å². The SMILES string of the molecule is CCCCOc1ccc(C2CC=C(c3ccc(-c4ccc(OCC)c(F)c4F)c(F)c3)CC2)c(F)c1F. The van der Waals surface area contributed by atoms with Crippen molar-refractivity contribution in [2.75, 3.05) is 13.2 Å². The highest BCUT2D eigenvalue weighted by Crippen LogP contribution is 2.40. The molecule has 0 fully saturated rings. The predicted octanol–water partition coefficient (Wildman–Crippen LogP) is 8.98. The first-order chi connectivity index (χ1) is 17.8. The standard InChI is InChI=1S/C30H29F5O2/c1-3-5-16-37-26-14-12-21(27(32)30(26)35)19-8-6-18(7-9-19)20-10-11-22(24(31)17-20)23-13-15-25(36-4-2)29(34)28(23)33/h6,10-15,17,19H,3-5,7-9,16H2,1-2H3. The molecule has 3 aromatic rings. The van der Waals surface area contributed by atoms with Gasteiger partial charge in [0.1, 0.15) is 5.82 Å². The van der Waals surface area contributed by atoms with Crippen molar-refractivity contribution >= 4 is 5.57 Å². The Bertz CT molecular complexity index is 1300. The van der Waals surface area contributed by atoms with Crippen molar-refractivity contribution < 1.29 is 31.4 Å². The Labute approximate surface area is 213 Å². The van der Waals surface area contributed by atoms with Crippen molar-refractivity contribution in [3.63, 3.8) is 0 Å². The Morgan fingerprint density at radius 2 is 1.49 bits per heavy atom. The first-order valence-corrected chi connectivity index (χ1v) is 12.6. The first kappa shape index (κ1) is 26.7. The fraction of sp³-hybridized carbons (Fsp3) is 0.333. The van der Waals surface area contributed by atoms with Gasteiger partial charge in [0.25, 0.3) is 0 Å². The molecule has 196 valence electrons. The number of ether oxygens (including phenoxy) is 2. The van der Waals surface area contributed by atoms with Gasteiger partial charge in [0.05, 0.1) is 13.2 Å². The maximum absolute atomic E-state index is 15.0. The van der Waals surface area contributed by atoms with E-state index >= 15 is 0 Å². The molecule has 0 saturated heterocycles. The van der Waals surface area contributed by atoms with Crippen molar-refractivity contribution in [2.24, 2.45) is 0 Å². The van der Waals surface area contributed by atoms with Gasteiger partial charge in [-0.1, -0.05) is 37.6 Å². The molecule has 0 bridgehead atoms. The van der Waals surface area contributed by atoms with Gasteiger partial charge in [-0.15, -0.1) is 0 Å². The molecule has 3 aromatic carbocycles. The molecule has 1 aliphatic rings. The minimum Gasteiger partial charge on any atom is -0.491 e. The number of hydrogen-bond acceptors (Lipinski definition) is 2. The van der Waals surface area contributed by atoms with Crippen molar-refractivity contribution in [3.8, 4) is 22.6 Å². The summed E-state index contributed by atoms with van der Waals surface area (Å²) >= 11 is 0. The molecule has 0 N–H and O–H groups in total. The fourth-order valence-electron chi connectivity index (χ4n) is 4.62. The summed E-state index contributed by atoms with van der Waals surface area (Å²) in [6, 6.07) is 9.98. The zero-order chi connectivity index (χ0) is 26.5. The molecule has 1 atom stereocenters. The molecule has 7 heteroatoms. The normalized spacial score (nSPS) is 15.4. The lowest BCUT2D eigenvalue weighted by molar-refractivity contribution is 0.287. The fourth-order valence-corrected chi connectivity index (χ4v) is 4.62. The Hall–Kier alpha value is -3.35. The van der Waals surface area contributed by atoms with Gasteiger partial charge >= 0.3 is 0 Å². The highest BCUT2D eigenvalue weighted by molar-refractivity contribution is 5.72. The molecule has 0 heterocycles. The third kappa shape index (κ3) is 5.65. The Morgan fingerprint density at radius 1 is 0.784 bits per heavy atom. The largest absolute Gasteiger partial charge is 0.491 e. The van der Waals surface area contributed by atoms with E-state index in [0.29, 0.717) is 37.0 Å². The van der Waals surface area contributed by atoms with Gasteiger partial charge in [-0.25, -0.2) is 13.2 Å². The third-order valence-corrected chi connectivity index (χ3v) is 6.66. The van der Waals surface area contributed by atoms with E-state index in [1.165, 1.54) is 30.3 Å². The second-order valence-electron chi connectivity index (χ2n) is 9.05. The minimum atomic E-state index is -1.17. The summed E-state index contributed by atoms with van der Waals surface area (Å²) in [4.78, 5) is 0. The molecule has 0 saturated carbocycles. The van der Waals surface area contributed by atoms with Crippen LogP contribution in [0, 0.1) is 29.1 Å². The van der Waals surface area contributed by atoms with Crippen molar-refractivity contribution in [1.29, 1.82) is 0 Å². The number of rotatable bonds is 9. The van der Waals surface area contributed by atoms with Gasteiger partial charge in [-0.05, 0) is 79.5 Å². The summed E-state index contributed by atoms with van der Waals surface area (Å²) in [5.41, 5.74) is 1.52. The zero-order valence-corrected chi connectivity index (χ0v) is 20.9. The van der Waals surface area contributed by atoms with Crippen LogP contribution in [0.25, 0.3) is 16.7 Å². The number of hydrogen-bond donors (Lipinski definition) is 0. The van der Waals surface area contributed by atoms with Gasteiger partial charge in [-0.3, -0.25) is 0 Å². The molecular weight excluding hydrogens is 487 g/mol. The van der Waals surface area contributed by atoms with Crippen LogP contribution in [0.5, 0.6) is 11.5 Å². The monoisotopic (exact) mass is 516 g/mol. The molecular formula is C30H29F5O2. The van der Waals surface area contributed by atoms with Crippen LogP contribution in [0.1, 0.15) is 63.0 Å². The number of benzene rings is 3. The van der Waals surface area contributed by atoms with Crippen LogP contribution in [-0.4, -0.2) is 13.2 Å². The van der Waals surface area contributed by atoms with E-state index in [-0.39, 0.29) is 35.2 Å². The molecule has 1 aliphatic carbocycles. The zero-order valence-electron chi connectivity index (χ0n) is 20.9. The summed E-state index contributed by atoms with van der Waals surface area (Å²) < 4.78 is 83.5. The van der Waals surface area contributed by atoms with E-state index in [1.54, 1.807) is 19.1 Å². The van der Waals surface area contributed by atoms with Crippen LogP contribution in [0.2, 0.25) is 0 Å². The lowest BCUT2D eigenvalue weighted by Crippen LogP contribution is -2.09. The van der Waals surface area contributed by atoms with Crippen LogP contribution in [-0.2, 0) is 0 Å². The molecule has 0 aromatic heterocycles. The van der Waals surface area contributed by atoms with Crippen LogP contribution >= 0.6 is 0 Å². The van der Waals surface area contributed by atoms with Gasteiger partial charge in [-0.2, -0.15) is 8.78 Å². The molecule has 4 rings (SSSR count). The highest BCUT2D eigenvalue weighted by atomic mass is 19.2. The van der Waals surface area contributed by atoms with Crippen molar-refractivity contribution in [2.45, 2.75) is 51.9 Å². The lowest BCUT2D eigenvalue weighted by atomic mass is 9.82. The molecule has 0 amide bonds. The van der Waals surface area contributed by atoms with Gasteiger partial charge in [0.2, 0.25) is 11.6 Å². The van der Waals surface area contributed by atoms with Crippen LogP contribution < -0.4 is 9.47 Å². The van der Waals surface area contributed by atoms with E-state index in [4.69, 9.17) is 9.47 Å². The minimum absolute atomic E-state index is 0.0590. The van der Waals surface area contributed by atoms with Gasteiger partial charge in [0.15, 0.2) is 23.1 Å². The molecule has 0 radical (unpaired) electrons. The number of unbranched alkanes of at least 4 members (excludes halogenated alkanes) is 1. The molecule has 0 spiro atoms. The summed E-state index contributed by atoms with van der Waals surface area (Å²) in [5, 5.41) is 0. The smallest absolute Gasteiger partial charge is 0.201 e. The van der Waals surface area contributed by atoms with Crippen molar-refractivity contribution in [3.05, 3.63) is 88.8 Å². The van der Waals surface area contributed by atoms with E-state index < -0.39 is 29.1 Å². The third-order valence-electron chi connectivity index (χ3n) is 6.66. The molecule has 1 unspecified atom stereocenters. The lowest BCUT2D eigenvalue weighted by Gasteiger charge is -2.24. The van der Waals surface area contributed by atoms with E-state index in [0.717, 1.165) is 18.4 Å². The number of halogens is 5. The summed E-state index contributed by atoms with van der Waals surface area (Å²) in [6.07, 6.45) is 5.09. The maximum Gasteiger partial charge on any atom is 0.201 e. The quantitative estimate of drug-likeness (QED) is 0.209. The van der Waals surface area contributed by atoms with E-state index in [2.05, 4.69) is 0 Å². The topological polar surface area (TPSA) is 18.5 Å². The van der Waals surface area contributed by atoms with Gasteiger partial charge < -0.3 is 9.47 Å². The van der Waals surface area contributed by atoms with Crippen molar-refractivity contribution in [1.82, 2.24) is 0 Å². The Morgan fingerprint density at radius 3 is 2.16 bits per heavy atom. The average molecular weight is 517 g/mol. The predicted molar refractivity (Wildman–Crippen MR) is 134 cm³/mol. The molecule has 2 nitrogen and oxygen atoms in total. The second-order valence-corrected chi connectivity index (χ2v) is 9.05. The summed E-state index contributed by atoms with van der Waals surface area (Å²) in [5.74, 6) is -5.40. The van der Waals surface area contributed by atoms with E-state index in [9.17, 15) is 22.0 Å². The molecule has 37 heavy (non-hydrogen) atoms. The maximum atomic E-state index is 15.0. The van der Waals surface area contributed by atoms with Crippen LogP contribution in [0.3, 0.4) is 0 Å².